The summed E-state index contributed by atoms with van der Waals surface area (Å²) in [6.45, 7) is 6.71. The molecule has 0 fully saturated rings. The topological polar surface area (TPSA) is 0 Å². The van der Waals surface area contributed by atoms with E-state index in [4.69, 9.17) is 0 Å². The van der Waals surface area contributed by atoms with Gasteiger partial charge in [-0.15, -0.1) is 0 Å². The molecule has 0 aliphatic heterocycles. The monoisotopic (exact) mass is 216 g/mol. The second-order valence-electron chi connectivity index (χ2n) is 4.72. The molecule has 0 unspecified atom stereocenters. The molecule has 16 heavy (non-hydrogen) atoms. The van der Waals surface area contributed by atoms with Crippen molar-refractivity contribution in [3.05, 3.63) is 41.5 Å². The first-order valence-electron chi connectivity index (χ1n) is 6.50. The summed E-state index contributed by atoms with van der Waals surface area (Å²) in [6, 6.07) is 8.89. The van der Waals surface area contributed by atoms with Crippen molar-refractivity contribution in [1.29, 1.82) is 0 Å². The van der Waals surface area contributed by atoms with Crippen molar-refractivity contribution in [3.8, 4) is 0 Å². The average molecular weight is 216 g/mol. The van der Waals surface area contributed by atoms with E-state index in [1.807, 2.05) is 0 Å². The molecule has 1 aromatic carbocycles. The lowest BCUT2D eigenvalue weighted by molar-refractivity contribution is 0.730. The zero-order valence-electron chi connectivity index (χ0n) is 10.9. The molecule has 0 saturated heterocycles. The van der Waals surface area contributed by atoms with Crippen LogP contribution >= 0.6 is 0 Å². The fraction of sp³-hybridized carbons (Fsp3) is 0.500. The van der Waals surface area contributed by atoms with Crippen LogP contribution < -0.4 is 0 Å². The minimum atomic E-state index is 0.627. The van der Waals surface area contributed by atoms with Gasteiger partial charge < -0.3 is 0 Å². The Labute approximate surface area is 100 Å². The second-order valence-corrected chi connectivity index (χ2v) is 4.72. The van der Waals surface area contributed by atoms with Crippen LogP contribution in [0.3, 0.4) is 0 Å². The summed E-state index contributed by atoms with van der Waals surface area (Å²) in [5, 5.41) is 0. The quantitative estimate of drug-likeness (QED) is 0.558. The van der Waals surface area contributed by atoms with Crippen molar-refractivity contribution in [2.75, 3.05) is 0 Å². The van der Waals surface area contributed by atoms with Gasteiger partial charge in [-0.3, -0.25) is 0 Å². The average Bonchev–Trinajstić information content (AvgIpc) is 2.29. The number of rotatable bonds is 6. The molecule has 0 aliphatic carbocycles. The molecule has 0 atom stereocenters. The molecule has 1 aromatic rings. The van der Waals surface area contributed by atoms with Gasteiger partial charge in [0.1, 0.15) is 0 Å². The minimum absolute atomic E-state index is 0.627. The Morgan fingerprint density at radius 1 is 1.06 bits per heavy atom. The molecular weight excluding hydrogens is 192 g/mol. The van der Waals surface area contributed by atoms with Gasteiger partial charge in [-0.05, 0) is 29.9 Å². The van der Waals surface area contributed by atoms with Gasteiger partial charge >= 0.3 is 0 Å². The molecule has 0 heteroatoms. The van der Waals surface area contributed by atoms with Gasteiger partial charge in [0.05, 0.1) is 0 Å². The molecular formula is C16H24. The molecule has 88 valence electrons. The molecule has 0 N–H and O–H groups in total. The summed E-state index contributed by atoms with van der Waals surface area (Å²) < 4.78 is 0. The lowest BCUT2D eigenvalue weighted by Gasteiger charge is -2.04. The van der Waals surface area contributed by atoms with Crippen LogP contribution in [0.15, 0.2) is 30.3 Å². The third kappa shape index (κ3) is 4.65. The lowest BCUT2D eigenvalue weighted by Crippen LogP contribution is -1.85. The smallest absolute Gasteiger partial charge is 0.0219 e. The normalized spacial score (nSPS) is 11.5. The summed E-state index contributed by atoms with van der Waals surface area (Å²) in [6.07, 6.45) is 9.70. The van der Waals surface area contributed by atoms with E-state index in [0.717, 1.165) is 0 Å². The first-order chi connectivity index (χ1) is 7.74. The second kappa shape index (κ2) is 7.27. The van der Waals surface area contributed by atoms with E-state index in [-0.39, 0.29) is 0 Å². The van der Waals surface area contributed by atoms with Gasteiger partial charge in [-0.1, -0.05) is 70.0 Å². The van der Waals surface area contributed by atoms with Crippen LogP contribution in [0.2, 0.25) is 0 Å². The molecule has 0 saturated carbocycles. The van der Waals surface area contributed by atoms with E-state index in [2.05, 4.69) is 57.2 Å². The van der Waals surface area contributed by atoms with Gasteiger partial charge in [0.2, 0.25) is 0 Å². The van der Waals surface area contributed by atoms with Crippen molar-refractivity contribution in [2.24, 2.45) is 0 Å². The highest BCUT2D eigenvalue weighted by atomic mass is 14.0. The minimum Gasteiger partial charge on any atom is -0.0839 e. The van der Waals surface area contributed by atoms with Crippen molar-refractivity contribution >= 4 is 6.08 Å². The van der Waals surface area contributed by atoms with E-state index in [0.29, 0.717) is 5.92 Å². The van der Waals surface area contributed by atoms with Crippen molar-refractivity contribution < 1.29 is 0 Å². The number of hydrogen-bond acceptors (Lipinski definition) is 0. The summed E-state index contributed by atoms with van der Waals surface area (Å²) in [5.41, 5.74) is 2.74. The zero-order valence-corrected chi connectivity index (χ0v) is 10.9. The number of benzene rings is 1. The van der Waals surface area contributed by atoms with Gasteiger partial charge in [-0.25, -0.2) is 0 Å². The third-order valence-electron chi connectivity index (χ3n) is 2.89. The van der Waals surface area contributed by atoms with Crippen LogP contribution in [-0.4, -0.2) is 0 Å². The maximum absolute atomic E-state index is 2.29. The Morgan fingerprint density at radius 3 is 2.31 bits per heavy atom. The summed E-state index contributed by atoms with van der Waals surface area (Å²) in [4.78, 5) is 0. The maximum Gasteiger partial charge on any atom is -0.0219 e. The molecule has 0 bridgehead atoms. The molecule has 0 spiro atoms. The SMILES string of the molecule is CCCCC/C=C\c1ccc(C(C)C)cc1. The summed E-state index contributed by atoms with van der Waals surface area (Å²) in [7, 11) is 0. The highest BCUT2D eigenvalue weighted by molar-refractivity contribution is 5.49. The standard InChI is InChI=1S/C16H24/c1-4-5-6-7-8-9-15-10-12-16(13-11-15)14(2)3/h8-14H,4-7H2,1-3H3/b9-8-. The van der Waals surface area contributed by atoms with Crippen LogP contribution in [-0.2, 0) is 0 Å². The summed E-state index contributed by atoms with van der Waals surface area (Å²) >= 11 is 0. The van der Waals surface area contributed by atoms with E-state index in [1.165, 1.54) is 36.8 Å². The van der Waals surface area contributed by atoms with Crippen molar-refractivity contribution in [3.63, 3.8) is 0 Å². The Bertz CT molecular complexity index is 303. The Kier molecular flexibility index (Phi) is 5.92. The number of hydrogen-bond donors (Lipinski definition) is 0. The lowest BCUT2D eigenvalue weighted by atomic mass is 10.0. The van der Waals surface area contributed by atoms with Crippen molar-refractivity contribution in [2.45, 2.75) is 52.4 Å². The van der Waals surface area contributed by atoms with Gasteiger partial charge in [0.25, 0.3) is 0 Å². The van der Waals surface area contributed by atoms with Crippen LogP contribution in [0.5, 0.6) is 0 Å². The van der Waals surface area contributed by atoms with E-state index < -0.39 is 0 Å². The Morgan fingerprint density at radius 2 is 1.75 bits per heavy atom. The zero-order chi connectivity index (χ0) is 11.8. The fourth-order valence-electron chi connectivity index (χ4n) is 1.72. The first kappa shape index (κ1) is 13.0. The van der Waals surface area contributed by atoms with Crippen LogP contribution in [0.25, 0.3) is 6.08 Å². The molecule has 0 aromatic heterocycles. The third-order valence-corrected chi connectivity index (χ3v) is 2.89. The predicted molar refractivity (Wildman–Crippen MR) is 73.7 cm³/mol. The molecule has 1 rings (SSSR count). The fourth-order valence-corrected chi connectivity index (χ4v) is 1.72. The van der Waals surface area contributed by atoms with Crippen LogP contribution in [0.4, 0.5) is 0 Å². The van der Waals surface area contributed by atoms with Crippen LogP contribution in [0, 0.1) is 0 Å². The summed E-state index contributed by atoms with van der Waals surface area (Å²) in [5.74, 6) is 0.627. The predicted octanol–water partition coefficient (Wildman–Crippen LogP) is 5.40. The Hall–Kier alpha value is -1.04. The van der Waals surface area contributed by atoms with Crippen LogP contribution in [0.1, 0.15) is 63.5 Å². The first-order valence-corrected chi connectivity index (χ1v) is 6.50. The maximum atomic E-state index is 2.29. The molecule has 0 heterocycles. The van der Waals surface area contributed by atoms with Crippen molar-refractivity contribution in [1.82, 2.24) is 0 Å². The highest BCUT2D eigenvalue weighted by Gasteiger charge is 1.96. The largest absolute Gasteiger partial charge is 0.0839 e. The molecule has 0 amide bonds. The van der Waals surface area contributed by atoms with Gasteiger partial charge in [0.15, 0.2) is 0 Å². The highest BCUT2D eigenvalue weighted by Crippen LogP contribution is 2.15. The van der Waals surface area contributed by atoms with E-state index in [9.17, 15) is 0 Å². The van der Waals surface area contributed by atoms with Gasteiger partial charge in [-0.2, -0.15) is 0 Å². The van der Waals surface area contributed by atoms with Gasteiger partial charge in [0, 0.05) is 0 Å². The van der Waals surface area contributed by atoms with E-state index >= 15 is 0 Å². The molecule has 0 nitrogen and oxygen atoms in total. The molecule has 0 radical (unpaired) electrons. The Balaban J connectivity index is 2.42. The number of unbranched alkanes of at least 4 members (excludes halogenated alkanes) is 3. The number of allylic oxidation sites excluding steroid dienone is 1. The molecule has 0 aliphatic rings. The van der Waals surface area contributed by atoms with E-state index in [1.54, 1.807) is 0 Å².